The summed E-state index contributed by atoms with van der Waals surface area (Å²) in [7, 11) is 0. The smallest absolute Gasteiger partial charge is 0.404 e. The molecule has 0 saturated carbocycles. The van der Waals surface area contributed by atoms with E-state index in [0.29, 0.717) is 5.02 Å². The van der Waals surface area contributed by atoms with Crippen molar-refractivity contribution in [2.24, 2.45) is 5.73 Å². The average Bonchev–Trinajstić information content (AvgIpc) is 2.19. The van der Waals surface area contributed by atoms with Crippen molar-refractivity contribution >= 4 is 17.7 Å². The van der Waals surface area contributed by atoms with Gasteiger partial charge in [-0.25, -0.2) is 4.79 Å². The highest BCUT2D eigenvalue weighted by Gasteiger charge is 2.00. The van der Waals surface area contributed by atoms with Gasteiger partial charge >= 0.3 is 6.09 Å². The molecule has 0 saturated heterocycles. The van der Waals surface area contributed by atoms with Crippen LogP contribution >= 0.6 is 11.6 Å². The van der Waals surface area contributed by atoms with Gasteiger partial charge in [0.25, 0.3) is 0 Å². The molecule has 0 aliphatic heterocycles. The summed E-state index contributed by atoms with van der Waals surface area (Å²) < 4.78 is 4.56. The van der Waals surface area contributed by atoms with Gasteiger partial charge in [0.15, 0.2) is 0 Å². The van der Waals surface area contributed by atoms with Crippen LogP contribution in [-0.4, -0.2) is 6.09 Å². The Morgan fingerprint density at radius 3 is 2.50 bits per heavy atom. The first-order valence-electron chi connectivity index (χ1n) is 4.36. The molecule has 0 aliphatic rings. The fourth-order valence-electron chi connectivity index (χ4n) is 0.764. The summed E-state index contributed by atoms with van der Waals surface area (Å²) in [6, 6.07) is 7.11. The van der Waals surface area contributed by atoms with Crippen LogP contribution in [0, 0.1) is 0 Å². The maximum Gasteiger partial charge on any atom is 0.404 e. The zero-order valence-corrected chi connectivity index (χ0v) is 9.04. The fraction of sp³-hybridized carbons (Fsp3) is 0.300. The van der Waals surface area contributed by atoms with Crippen LogP contribution in [-0.2, 0) is 11.3 Å². The van der Waals surface area contributed by atoms with Crippen LogP contribution in [0.4, 0.5) is 4.79 Å². The lowest BCUT2D eigenvalue weighted by atomic mass is 10.2. The van der Waals surface area contributed by atoms with Crippen molar-refractivity contribution in [3.63, 3.8) is 0 Å². The number of hydrogen-bond acceptors (Lipinski definition) is 2. The molecule has 0 atom stereocenters. The number of rotatable bonds is 2. The van der Waals surface area contributed by atoms with E-state index in [9.17, 15) is 4.79 Å². The third-order valence-electron chi connectivity index (χ3n) is 1.33. The molecule has 14 heavy (non-hydrogen) atoms. The van der Waals surface area contributed by atoms with Crippen LogP contribution < -0.4 is 5.73 Å². The summed E-state index contributed by atoms with van der Waals surface area (Å²) >= 11 is 5.78. The van der Waals surface area contributed by atoms with Gasteiger partial charge in [-0.05, 0) is 6.07 Å². The first-order chi connectivity index (χ1) is 6.70. The molecular weight excluding hydrogens is 202 g/mol. The zero-order chi connectivity index (χ0) is 11.0. The number of halogens is 1. The van der Waals surface area contributed by atoms with Gasteiger partial charge in [-0.1, -0.05) is 43.6 Å². The van der Waals surface area contributed by atoms with Crippen LogP contribution in [0.3, 0.4) is 0 Å². The number of carbonyl (C=O) groups is 1. The Bertz CT molecular complexity index is 289. The molecule has 1 amide bonds. The quantitative estimate of drug-likeness (QED) is 0.825. The molecule has 0 heterocycles. The van der Waals surface area contributed by atoms with E-state index in [1.807, 2.05) is 19.9 Å². The minimum absolute atomic E-state index is 0.120. The average molecular weight is 216 g/mol. The van der Waals surface area contributed by atoms with Crippen molar-refractivity contribution in [2.45, 2.75) is 20.5 Å². The summed E-state index contributed by atoms with van der Waals surface area (Å²) in [4.78, 5) is 10.2. The molecule has 0 aliphatic carbocycles. The van der Waals surface area contributed by atoms with Gasteiger partial charge in [-0.3, -0.25) is 0 Å². The zero-order valence-electron chi connectivity index (χ0n) is 8.29. The van der Waals surface area contributed by atoms with E-state index in [1.165, 1.54) is 0 Å². The Kier molecular flexibility index (Phi) is 6.58. The molecule has 78 valence electrons. The van der Waals surface area contributed by atoms with Crippen molar-refractivity contribution < 1.29 is 9.53 Å². The van der Waals surface area contributed by atoms with Crippen molar-refractivity contribution in [3.05, 3.63) is 34.9 Å². The minimum Gasteiger partial charge on any atom is -0.445 e. The fourth-order valence-corrected chi connectivity index (χ4v) is 0.955. The Balaban J connectivity index is 0.000000791. The number of ether oxygens (including phenoxy) is 1. The highest BCUT2D eigenvalue weighted by Crippen LogP contribution is 2.15. The van der Waals surface area contributed by atoms with Crippen LogP contribution in [0.15, 0.2) is 24.3 Å². The topological polar surface area (TPSA) is 52.3 Å². The number of carbonyl (C=O) groups excluding carboxylic acids is 1. The largest absolute Gasteiger partial charge is 0.445 e. The normalized spacial score (nSPS) is 8.50. The Labute approximate surface area is 88.8 Å². The summed E-state index contributed by atoms with van der Waals surface area (Å²) in [5.41, 5.74) is 5.53. The molecule has 1 aromatic rings. The summed E-state index contributed by atoms with van der Waals surface area (Å²) in [6.07, 6.45) is -0.796. The standard InChI is InChI=1S/C8H8ClNO2.C2H6/c9-7-4-2-1-3-6(7)5-12-8(10)11;1-2/h1-4H,5H2,(H2,10,11);1-2H3. The molecule has 0 unspecified atom stereocenters. The first-order valence-corrected chi connectivity index (χ1v) is 4.73. The third kappa shape index (κ3) is 4.72. The summed E-state index contributed by atoms with van der Waals surface area (Å²) in [5, 5.41) is 0.568. The molecule has 0 fully saturated rings. The van der Waals surface area contributed by atoms with Gasteiger partial charge in [0.05, 0.1) is 0 Å². The molecular formula is C10H14ClNO2. The molecule has 0 aromatic heterocycles. The van der Waals surface area contributed by atoms with Gasteiger partial charge in [-0.2, -0.15) is 0 Å². The van der Waals surface area contributed by atoms with Crippen LogP contribution in [0.5, 0.6) is 0 Å². The molecule has 1 aromatic carbocycles. The van der Waals surface area contributed by atoms with Gasteiger partial charge in [0, 0.05) is 10.6 Å². The van der Waals surface area contributed by atoms with Crippen molar-refractivity contribution in [1.82, 2.24) is 0 Å². The highest BCUT2D eigenvalue weighted by molar-refractivity contribution is 6.31. The second kappa shape index (κ2) is 7.21. The molecule has 2 N–H and O–H groups in total. The highest BCUT2D eigenvalue weighted by atomic mass is 35.5. The maximum absolute atomic E-state index is 10.2. The summed E-state index contributed by atoms with van der Waals surface area (Å²) in [6.45, 7) is 4.12. The van der Waals surface area contributed by atoms with E-state index in [2.05, 4.69) is 4.74 Å². The lowest BCUT2D eigenvalue weighted by Gasteiger charge is -2.02. The van der Waals surface area contributed by atoms with E-state index >= 15 is 0 Å². The van der Waals surface area contributed by atoms with Crippen LogP contribution in [0.2, 0.25) is 5.02 Å². The van der Waals surface area contributed by atoms with Crippen molar-refractivity contribution in [3.8, 4) is 0 Å². The van der Waals surface area contributed by atoms with E-state index in [1.54, 1.807) is 18.2 Å². The lowest BCUT2D eigenvalue weighted by Crippen LogP contribution is -2.12. The second-order valence-corrected chi connectivity index (χ2v) is 2.61. The molecule has 4 heteroatoms. The number of nitrogens with two attached hydrogens (primary N) is 1. The van der Waals surface area contributed by atoms with E-state index in [4.69, 9.17) is 17.3 Å². The summed E-state index contributed by atoms with van der Waals surface area (Å²) in [5.74, 6) is 0. The number of benzene rings is 1. The van der Waals surface area contributed by atoms with E-state index in [-0.39, 0.29) is 6.61 Å². The van der Waals surface area contributed by atoms with Crippen molar-refractivity contribution in [2.75, 3.05) is 0 Å². The lowest BCUT2D eigenvalue weighted by molar-refractivity contribution is 0.150. The Morgan fingerprint density at radius 2 is 2.00 bits per heavy atom. The monoisotopic (exact) mass is 215 g/mol. The molecule has 1 rings (SSSR count). The van der Waals surface area contributed by atoms with Crippen LogP contribution in [0.1, 0.15) is 19.4 Å². The van der Waals surface area contributed by atoms with Crippen LogP contribution in [0.25, 0.3) is 0 Å². The van der Waals surface area contributed by atoms with Gasteiger partial charge in [-0.15, -0.1) is 0 Å². The Morgan fingerprint density at radius 1 is 1.43 bits per heavy atom. The maximum atomic E-state index is 10.2. The van der Waals surface area contributed by atoms with Gasteiger partial charge in [0.2, 0.25) is 0 Å². The predicted molar refractivity (Wildman–Crippen MR) is 57.2 cm³/mol. The minimum atomic E-state index is -0.796. The second-order valence-electron chi connectivity index (χ2n) is 2.20. The molecule has 0 spiro atoms. The van der Waals surface area contributed by atoms with Gasteiger partial charge < -0.3 is 10.5 Å². The van der Waals surface area contributed by atoms with Gasteiger partial charge in [0.1, 0.15) is 6.61 Å². The Hall–Kier alpha value is -1.22. The van der Waals surface area contributed by atoms with Crippen molar-refractivity contribution in [1.29, 1.82) is 0 Å². The third-order valence-corrected chi connectivity index (χ3v) is 1.70. The SMILES string of the molecule is CC.NC(=O)OCc1ccccc1Cl. The number of primary amides is 1. The van der Waals surface area contributed by atoms with E-state index in [0.717, 1.165) is 5.56 Å². The molecule has 0 radical (unpaired) electrons. The predicted octanol–water partition coefficient (Wildman–Crippen LogP) is 2.96. The molecule has 3 nitrogen and oxygen atoms in total. The van der Waals surface area contributed by atoms with E-state index < -0.39 is 6.09 Å². The number of amides is 1. The molecule has 0 bridgehead atoms. The number of hydrogen-bond donors (Lipinski definition) is 1. The first kappa shape index (κ1) is 12.8.